The van der Waals surface area contributed by atoms with Gasteiger partial charge in [-0.2, -0.15) is 0 Å². The van der Waals surface area contributed by atoms with E-state index in [1.54, 1.807) is 0 Å². The van der Waals surface area contributed by atoms with E-state index in [-0.39, 0.29) is 5.91 Å². The summed E-state index contributed by atoms with van der Waals surface area (Å²) in [6, 6.07) is 7.43. The second-order valence-corrected chi connectivity index (χ2v) is 5.95. The number of benzene rings is 1. The first-order chi connectivity index (χ1) is 9.10. The number of primary amides is 1. The van der Waals surface area contributed by atoms with Crippen LogP contribution in [0.5, 0.6) is 0 Å². The van der Waals surface area contributed by atoms with E-state index in [9.17, 15) is 4.79 Å². The van der Waals surface area contributed by atoms with E-state index in [0.29, 0.717) is 17.5 Å². The van der Waals surface area contributed by atoms with Crippen LogP contribution in [0.2, 0.25) is 5.02 Å². The number of hydrogen-bond acceptors (Lipinski definition) is 3. The lowest BCUT2D eigenvalue weighted by molar-refractivity contribution is -0.128. The number of carbonyl (C=O) groups excluding carboxylic acids is 1. The van der Waals surface area contributed by atoms with Crippen LogP contribution in [0.3, 0.4) is 0 Å². The van der Waals surface area contributed by atoms with Crippen LogP contribution in [0.4, 0.5) is 5.69 Å². The number of nitrogens with one attached hydrogen (secondary N) is 1. The minimum Gasteiger partial charge on any atom is -0.370 e. The van der Waals surface area contributed by atoms with Gasteiger partial charge in [0.15, 0.2) is 0 Å². The van der Waals surface area contributed by atoms with E-state index in [1.165, 1.54) is 0 Å². The Bertz CT molecular complexity index is 482. The third-order valence-corrected chi connectivity index (χ3v) is 4.66. The van der Waals surface area contributed by atoms with Crippen LogP contribution in [0.1, 0.15) is 12.8 Å². The monoisotopic (exact) mass is 279 g/mol. The van der Waals surface area contributed by atoms with Crippen molar-refractivity contribution >= 4 is 23.2 Å². The van der Waals surface area contributed by atoms with Crippen molar-refractivity contribution in [2.45, 2.75) is 18.4 Å². The zero-order valence-electron chi connectivity index (χ0n) is 10.7. The van der Waals surface area contributed by atoms with Crippen LogP contribution in [0.15, 0.2) is 24.3 Å². The Labute approximate surface area is 117 Å². The van der Waals surface area contributed by atoms with Gasteiger partial charge in [0, 0.05) is 17.3 Å². The third-order valence-electron chi connectivity index (χ3n) is 4.41. The van der Waals surface area contributed by atoms with Crippen molar-refractivity contribution < 1.29 is 4.79 Å². The largest absolute Gasteiger partial charge is 0.370 e. The molecule has 5 heteroatoms. The first-order valence-electron chi connectivity index (χ1n) is 6.66. The highest BCUT2D eigenvalue weighted by atomic mass is 35.5. The Morgan fingerprint density at radius 2 is 1.95 bits per heavy atom. The highest BCUT2D eigenvalue weighted by Crippen LogP contribution is 2.38. The molecule has 3 aliphatic rings. The molecule has 1 aromatic carbocycles. The van der Waals surface area contributed by atoms with Crippen molar-refractivity contribution in [1.29, 1.82) is 0 Å². The van der Waals surface area contributed by atoms with Crippen molar-refractivity contribution in [2.24, 2.45) is 11.7 Å². The molecule has 3 aliphatic heterocycles. The van der Waals surface area contributed by atoms with Crippen LogP contribution in [0, 0.1) is 5.92 Å². The molecule has 102 valence electrons. The summed E-state index contributed by atoms with van der Waals surface area (Å²) < 4.78 is 0. The molecule has 0 aromatic heterocycles. The molecule has 3 heterocycles. The number of halogens is 1. The minimum absolute atomic E-state index is 0.253. The predicted molar refractivity (Wildman–Crippen MR) is 76.2 cm³/mol. The first kappa shape index (κ1) is 12.8. The molecule has 4 nitrogen and oxygen atoms in total. The molecule has 3 N–H and O–H groups in total. The lowest BCUT2D eigenvalue weighted by Crippen LogP contribution is -2.68. The van der Waals surface area contributed by atoms with Gasteiger partial charge < -0.3 is 16.0 Å². The lowest BCUT2D eigenvalue weighted by atomic mass is 9.72. The Kier molecular flexibility index (Phi) is 3.15. The summed E-state index contributed by atoms with van der Waals surface area (Å²) in [6.45, 7) is 2.85. The summed E-state index contributed by atoms with van der Waals surface area (Å²) in [5, 5.41) is 4.07. The van der Waals surface area contributed by atoms with Crippen molar-refractivity contribution in [1.82, 2.24) is 4.90 Å². The van der Waals surface area contributed by atoms with Gasteiger partial charge in [-0.25, -0.2) is 0 Å². The number of carbonyl (C=O) groups is 1. The minimum atomic E-state index is -0.635. The van der Waals surface area contributed by atoms with Crippen LogP contribution in [-0.4, -0.2) is 36.0 Å². The summed E-state index contributed by atoms with van der Waals surface area (Å²) in [7, 11) is 0. The number of piperidine rings is 3. The molecule has 1 unspecified atom stereocenters. The second-order valence-electron chi connectivity index (χ2n) is 5.52. The Morgan fingerprint density at radius 1 is 1.32 bits per heavy atom. The fourth-order valence-electron chi connectivity index (χ4n) is 3.34. The van der Waals surface area contributed by atoms with Gasteiger partial charge in [-0.15, -0.1) is 0 Å². The summed E-state index contributed by atoms with van der Waals surface area (Å²) in [4.78, 5) is 14.4. The van der Waals surface area contributed by atoms with Gasteiger partial charge in [0.1, 0.15) is 5.54 Å². The molecule has 3 saturated heterocycles. The van der Waals surface area contributed by atoms with Crippen LogP contribution in [-0.2, 0) is 4.79 Å². The molecule has 0 spiro atoms. The zero-order chi connectivity index (χ0) is 13.5. The van der Waals surface area contributed by atoms with E-state index in [1.807, 2.05) is 24.3 Å². The SMILES string of the molecule is NC(=O)C1(Nc2ccc(Cl)cc2)CN2CCC1CC2. The van der Waals surface area contributed by atoms with E-state index in [2.05, 4.69) is 10.2 Å². The maximum absolute atomic E-state index is 12.0. The smallest absolute Gasteiger partial charge is 0.244 e. The first-order valence-corrected chi connectivity index (χ1v) is 7.04. The quantitative estimate of drug-likeness (QED) is 0.885. The molecule has 1 aromatic rings. The average Bonchev–Trinajstić information content (AvgIpc) is 2.42. The molecular formula is C14H18ClN3O. The summed E-state index contributed by atoms with van der Waals surface area (Å²) in [6.07, 6.45) is 2.06. The highest BCUT2D eigenvalue weighted by Gasteiger charge is 2.50. The molecule has 0 saturated carbocycles. The fourth-order valence-corrected chi connectivity index (χ4v) is 3.46. The lowest BCUT2D eigenvalue weighted by Gasteiger charge is -2.52. The number of fused-ring (bicyclic) bond motifs is 3. The fraction of sp³-hybridized carbons (Fsp3) is 0.500. The average molecular weight is 280 g/mol. The Hall–Kier alpha value is -1.26. The Balaban J connectivity index is 1.89. The molecule has 0 aliphatic carbocycles. The molecule has 4 rings (SSSR count). The molecule has 19 heavy (non-hydrogen) atoms. The van der Waals surface area contributed by atoms with Crippen molar-refractivity contribution in [2.75, 3.05) is 25.0 Å². The number of rotatable bonds is 3. The van der Waals surface area contributed by atoms with Crippen molar-refractivity contribution in [3.63, 3.8) is 0 Å². The number of hydrogen-bond donors (Lipinski definition) is 2. The predicted octanol–water partition coefficient (Wildman–Crippen LogP) is 1.70. The second kappa shape index (κ2) is 4.69. The summed E-state index contributed by atoms with van der Waals surface area (Å²) in [5.41, 5.74) is 5.98. The van der Waals surface area contributed by atoms with E-state index in [0.717, 1.165) is 31.6 Å². The molecule has 3 fully saturated rings. The van der Waals surface area contributed by atoms with Gasteiger partial charge in [0.2, 0.25) is 5.91 Å². The van der Waals surface area contributed by atoms with Gasteiger partial charge in [-0.1, -0.05) is 11.6 Å². The number of nitrogens with two attached hydrogens (primary N) is 1. The molecule has 1 amide bonds. The van der Waals surface area contributed by atoms with E-state index < -0.39 is 5.54 Å². The normalized spacial score (nSPS) is 33.1. The van der Waals surface area contributed by atoms with Gasteiger partial charge >= 0.3 is 0 Å². The maximum atomic E-state index is 12.0. The summed E-state index contributed by atoms with van der Waals surface area (Å²) >= 11 is 5.89. The molecular weight excluding hydrogens is 262 g/mol. The van der Waals surface area contributed by atoms with Gasteiger partial charge in [0.05, 0.1) is 0 Å². The highest BCUT2D eigenvalue weighted by molar-refractivity contribution is 6.30. The van der Waals surface area contributed by atoms with Gasteiger partial charge in [-0.3, -0.25) is 4.79 Å². The van der Waals surface area contributed by atoms with Crippen LogP contribution in [0.25, 0.3) is 0 Å². The summed E-state index contributed by atoms with van der Waals surface area (Å²) in [5.74, 6) is 0.0718. The Morgan fingerprint density at radius 3 is 2.42 bits per heavy atom. The standard InChI is InChI=1S/C14H18ClN3O/c15-11-1-3-12(4-2-11)17-14(13(16)19)9-18-7-5-10(14)6-8-18/h1-4,10,17H,5-9H2,(H2,16,19). The van der Waals surface area contributed by atoms with Crippen molar-refractivity contribution in [3.05, 3.63) is 29.3 Å². The van der Waals surface area contributed by atoms with Crippen LogP contribution >= 0.6 is 11.6 Å². The van der Waals surface area contributed by atoms with Crippen molar-refractivity contribution in [3.8, 4) is 0 Å². The van der Waals surface area contributed by atoms with E-state index in [4.69, 9.17) is 17.3 Å². The zero-order valence-corrected chi connectivity index (χ0v) is 11.5. The topological polar surface area (TPSA) is 58.4 Å². The van der Waals surface area contributed by atoms with Gasteiger partial charge in [0.25, 0.3) is 0 Å². The number of anilines is 1. The number of amides is 1. The maximum Gasteiger partial charge on any atom is 0.244 e. The number of nitrogens with zero attached hydrogens (tertiary/aromatic N) is 1. The molecule has 0 radical (unpaired) electrons. The van der Waals surface area contributed by atoms with Gasteiger partial charge in [-0.05, 0) is 56.1 Å². The van der Waals surface area contributed by atoms with E-state index >= 15 is 0 Å². The molecule has 2 bridgehead atoms. The van der Waals surface area contributed by atoms with Crippen LogP contribution < -0.4 is 11.1 Å². The molecule has 1 atom stereocenters. The third kappa shape index (κ3) is 2.19.